The fourth-order valence-corrected chi connectivity index (χ4v) is 7.73. The third-order valence-corrected chi connectivity index (χ3v) is 11.1. The highest BCUT2D eigenvalue weighted by Crippen LogP contribution is 2.28. The van der Waals surface area contributed by atoms with Crippen LogP contribution in [0.25, 0.3) is 0 Å². The zero-order chi connectivity index (χ0) is 37.0. The van der Waals surface area contributed by atoms with Crippen LogP contribution in [0.1, 0.15) is 98.3 Å². The van der Waals surface area contributed by atoms with E-state index in [2.05, 4.69) is 10.2 Å². The molecule has 0 spiro atoms. The molecular weight excluding hydrogens is 652 g/mol. The smallest absolute Gasteiger partial charge is 0.410 e. The number of carbonyl (C=O) groups excluding carboxylic acids is 3. The first-order valence-corrected chi connectivity index (χ1v) is 19.4. The second-order valence-electron chi connectivity index (χ2n) is 15.5. The number of hydrogen-bond acceptors (Lipinski definition) is 9. The van der Waals surface area contributed by atoms with Gasteiger partial charge in [0.15, 0.2) is 6.10 Å². The Labute approximate surface area is 304 Å². The van der Waals surface area contributed by atoms with E-state index in [9.17, 15) is 29.7 Å². The van der Waals surface area contributed by atoms with E-state index < -0.39 is 36.0 Å². The van der Waals surface area contributed by atoms with Gasteiger partial charge >= 0.3 is 18.1 Å². The number of piperazine rings is 1. The molecule has 0 aromatic heterocycles. The predicted molar refractivity (Wildman–Crippen MR) is 196 cm³/mol. The van der Waals surface area contributed by atoms with Crippen LogP contribution in [0, 0.1) is 11.8 Å². The molecule has 0 aromatic rings. The third-order valence-electron chi connectivity index (χ3n) is 11.1. The van der Waals surface area contributed by atoms with Crippen molar-refractivity contribution in [1.29, 1.82) is 0 Å². The lowest BCUT2D eigenvalue weighted by Crippen LogP contribution is -2.53. The number of cyclic esters (lactones) is 1. The van der Waals surface area contributed by atoms with Gasteiger partial charge in [0.25, 0.3) is 0 Å². The van der Waals surface area contributed by atoms with Gasteiger partial charge < -0.3 is 39.9 Å². The molecule has 1 saturated carbocycles. The van der Waals surface area contributed by atoms with Gasteiger partial charge in [-0.25, -0.2) is 9.59 Å². The van der Waals surface area contributed by atoms with Crippen LogP contribution in [0.4, 0.5) is 9.59 Å². The Hall–Kier alpha value is -2.93. The number of urea groups is 1. The number of aliphatic hydroxyl groups is 3. The summed E-state index contributed by atoms with van der Waals surface area (Å²) < 4.78 is 11.9. The Morgan fingerprint density at radius 1 is 1.06 bits per heavy atom. The van der Waals surface area contributed by atoms with Gasteiger partial charge in [-0.2, -0.15) is 0 Å². The van der Waals surface area contributed by atoms with Gasteiger partial charge in [-0.1, -0.05) is 63.8 Å². The van der Waals surface area contributed by atoms with E-state index in [1.54, 1.807) is 22.8 Å². The highest BCUT2D eigenvalue weighted by molar-refractivity contribution is 5.75. The monoisotopic (exact) mass is 716 g/mol. The van der Waals surface area contributed by atoms with Gasteiger partial charge in [0.1, 0.15) is 11.7 Å². The van der Waals surface area contributed by atoms with Crippen molar-refractivity contribution in [1.82, 2.24) is 20.0 Å². The van der Waals surface area contributed by atoms with Gasteiger partial charge in [0, 0.05) is 51.2 Å². The minimum absolute atomic E-state index is 0.0250. The van der Waals surface area contributed by atoms with Gasteiger partial charge in [-0.15, -0.1) is 0 Å². The molecule has 1 aliphatic carbocycles. The minimum Gasteiger partial charge on any atom is -0.457 e. The number of carbonyl (C=O) groups is 3. The zero-order valence-electron chi connectivity index (χ0n) is 31.4. The number of hydrogen-bond donors (Lipinski definition) is 4. The second-order valence-corrected chi connectivity index (χ2v) is 15.5. The molecular formula is C39H64N4O8. The molecule has 0 bridgehead atoms. The maximum absolute atomic E-state index is 13.4. The Morgan fingerprint density at radius 2 is 1.76 bits per heavy atom. The number of allylic oxidation sites excluding steroid dienone is 2. The number of nitrogens with zero attached hydrogens (tertiary/aromatic N) is 3. The number of amides is 3. The number of esters is 1. The van der Waals surface area contributed by atoms with Crippen LogP contribution in [0.5, 0.6) is 0 Å². The maximum Gasteiger partial charge on any atom is 0.410 e. The number of aliphatic hydroxyl groups excluding tert-OH is 2. The average Bonchev–Trinajstić information content (AvgIpc) is 3.43. The summed E-state index contributed by atoms with van der Waals surface area (Å²) in [6.45, 7) is 11.2. The number of likely N-dealkylation sites (tertiary alicyclic amines) is 1. The summed E-state index contributed by atoms with van der Waals surface area (Å²) in [4.78, 5) is 44.8. The van der Waals surface area contributed by atoms with Crippen LogP contribution in [-0.4, -0.2) is 130 Å². The molecule has 51 heavy (non-hydrogen) atoms. The third kappa shape index (κ3) is 12.3. The van der Waals surface area contributed by atoms with Crippen LogP contribution in [0.2, 0.25) is 0 Å². The molecule has 4 N–H and O–H groups in total. The Morgan fingerprint density at radius 3 is 2.45 bits per heavy atom. The summed E-state index contributed by atoms with van der Waals surface area (Å²) in [5.41, 5.74) is -0.699. The van der Waals surface area contributed by atoms with Crippen molar-refractivity contribution >= 4 is 18.1 Å². The van der Waals surface area contributed by atoms with Crippen LogP contribution >= 0.6 is 0 Å². The van der Waals surface area contributed by atoms with Crippen LogP contribution in [0.15, 0.2) is 36.0 Å². The van der Waals surface area contributed by atoms with Crippen molar-refractivity contribution in [3.8, 4) is 0 Å². The van der Waals surface area contributed by atoms with E-state index in [0.717, 1.165) is 31.5 Å². The first-order valence-electron chi connectivity index (χ1n) is 19.4. The van der Waals surface area contributed by atoms with Crippen LogP contribution < -0.4 is 5.32 Å². The fraction of sp³-hybridized carbons (Fsp3) is 0.769. The highest BCUT2D eigenvalue weighted by atomic mass is 16.6. The molecule has 288 valence electrons. The standard InChI is InChI=1S/C39H64N4O8/c1-28(26-40-37(47)43-20-10-15-32(43)27-44)11-9-12-29(2)36-30(3)16-17-34(39(4,49)19-18-33(45)25-35(46)51-36)50-38(48)42-23-21-41(22-24-42)31-13-7-5-6-8-14-31/h9,11-12,16-17,28,30-34,36,44-45,49H,5-8,10,13-15,18-27H2,1-4H3,(H,40,47)/b11-9+,17-16+,29-12+/t28-,30+,32-,33+,34+,36-,39+/m1/s1. The molecule has 12 heteroatoms. The zero-order valence-corrected chi connectivity index (χ0v) is 31.4. The average molecular weight is 717 g/mol. The molecule has 3 amide bonds. The molecule has 7 atom stereocenters. The van der Waals surface area contributed by atoms with E-state index in [1.807, 2.05) is 45.1 Å². The molecule has 12 nitrogen and oxygen atoms in total. The first kappa shape index (κ1) is 40.8. The van der Waals surface area contributed by atoms with Crippen molar-refractivity contribution < 1.29 is 39.2 Å². The Balaban J connectivity index is 1.39. The summed E-state index contributed by atoms with van der Waals surface area (Å²) in [7, 11) is 0. The second kappa shape index (κ2) is 19.8. The molecule has 0 radical (unpaired) electrons. The van der Waals surface area contributed by atoms with E-state index >= 15 is 0 Å². The summed E-state index contributed by atoms with van der Waals surface area (Å²) in [5, 5.41) is 34.7. The normalized spacial score (nSPS) is 32.4. The molecule has 4 rings (SSSR count). The fourth-order valence-electron chi connectivity index (χ4n) is 7.73. The van der Waals surface area contributed by atoms with E-state index in [-0.39, 0.29) is 49.8 Å². The molecule has 2 saturated heterocycles. The van der Waals surface area contributed by atoms with Gasteiger partial charge in [-0.3, -0.25) is 9.69 Å². The lowest BCUT2D eigenvalue weighted by atomic mass is 9.89. The summed E-state index contributed by atoms with van der Waals surface area (Å²) >= 11 is 0. The molecule has 3 heterocycles. The first-order chi connectivity index (χ1) is 24.4. The highest BCUT2D eigenvalue weighted by Gasteiger charge is 2.37. The summed E-state index contributed by atoms with van der Waals surface area (Å²) in [5.74, 6) is -0.848. The minimum atomic E-state index is -1.47. The molecule has 4 aliphatic rings. The molecule has 3 aliphatic heterocycles. The number of ether oxygens (including phenoxy) is 2. The maximum atomic E-state index is 13.4. The Bertz CT molecular complexity index is 1220. The van der Waals surface area contributed by atoms with Crippen molar-refractivity contribution in [3.63, 3.8) is 0 Å². The van der Waals surface area contributed by atoms with Crippen LogP contribution in [-0.2, 0) is 14.3 Å². The largest absolute Gasteiger partial charge is 0.457 e. The Kier molecular flexibility index (Phi) is 15.8. The van der Waals surface area contributed by atoms with E-state index in [4.69, 9.17) is 9.47 Å². The number of nitrogens with one attached hydrogen (secondary N) is 1. The SMILES string of the molecule is C/C(=C\C=C\[C@@H](C)CNC(=O)N1CCC[C@@H]1CO)[C@H]1OC(=O)C[C@@H](O)CC[C@](C)(O)[C@@H](OC(=O)N2CCN(C3CCCCCC3)CC2)/C=C/[C@@H]1C. The summed E-state index contributed by atoms with van der Waals surface area (Å²) in [6.07, 6.45) is 15.4. The van der Waals surface area contributed by atoms with Crippen molar-refractivity contribution in [2.24, 2.45) is 11.8 Å². The lowest BCUT2D eigenvalue weighted by Gasteiger charge is -2.40. The van der Waals surface area contributed by atoms with Crippen molar-refractivity contribution in [3.05, 3.63) is 36.0 Å². The molecule has 0 aromatic carbocycles. The quantitative estimate of drug-likeness (QED) is 0.123. The van der Waals surface area contributed by atoms with Gasteiger partial charge in [-0.05, 0) is 69.9 Å². The molecule has 3 fully saturated rings. The van der Waals surface area contributed by atoms with Crippen molar-refractivity contribution in [2.75, 3.05) is 45.9 Å². The van der Waals surface area contributed by atoms with E-state index in [0.29, 0.717) is 32.2 Å². The molecule has 0 unspecified atom stereocenters. The van der Waals surface area contributed by atoms with Crippen molar-refractivity contribution in [2.45, 2.75) is 134 Å². The van der Waals surface area contributed by atoms with Crippen LogP contribution in [0.3, 0.4) is 0 Å². The number of rotatable bonds is 8. The predicted octanol–water partition coefficient (Wildman–Crippen LogP) is 4.54. The van der Waals surface area contributed by atoms with Gasteiger partial charge in [0.05, 0.1) is 25.2 Å². The lowest BCUT2D eigenvalue weighted by molar-refractivity contribution is -0.151. The topological polar surface area (TPSA) is 152 Å². The van der Waals surface area contributed by atoms with Gasteiger partial charge in [0.2, 0.25) is 0 Å². The summed E-state index contributed by atoms with van der Waals surface area (Å²) in [6, 6.07) is 0.287. The van der Waals surface area contributed by atoms with E-state index in [1.165, 1.54) is 38.5 Å².